The van der Waals surface area contributed by atoms with Crippen molar-refractivity contribution in [3.8, 4) is 5.75 Å². The summed E-state index contributed by atoms with van der Waals surface area (Å²) in [6, 6.07) is 4.16. The van der Waals surface area contributed by atoms with Gasteiger partial charge in [0.15, 0.2) is 5.78 Å². The van der Waals surface area contributed by atoms with Crippen LogP contribution in [0.15, 0.2) is 12.1 Å². The Bertz CT molecular complexity index is 611. The second-order valence-electron chi connectivity index (χ2n) is 6.14. The Morgan fingerprint density at radius 1 is 1.35 bits per heavy atom. The maximum atomic E-state index is 12.5. The summed E-state index contributed by atoms with van der Waals surface area (Å²) >= 11 is 0. The topological polar surface area (TPSA) is 66.8 Å². The van der Waals surface area contributed by atoms with Crippen LogP contribution in [0.4, 0.5) is 0 Å². The van der Waals surface area contributed by atoms with E-state index in [9.17, 15) is 14.7 Å². The normalized spacial score (nSPS) is 16.5. The van der Waals surface area contributed by atoms with E-state index in [2.05, 4.69) is 19.1 Å². The van der Waals surface area contributed by atoms with Gasteiger partial charge in [-0.3, -0.25) is 9.59 Å². The molecule has 126 valence electrons. The van der Waals surface area contributed by atoms with Crippen LogP contribution in [0.2, 0.25) is 0 Å². The number of aliphatic hydroxyl groups excluding tert-OH is 1. The first-order valence-corrected chi connectivity index (χ1v) is 8.05. The fourth-order valence-corrected chi connectivity index (χ4v) is 3.07. The second kappa shape index (κ2) is 7.13. The third-order valence-corrected chi connectivity index (χ3v) is 4.59. The Morgan fingerprint density at radius 3 is 2.61 bits per heavy atom. The van der Waals surface area contributed by atoms with Crippen molar-refractivity contribution >= 4 is 11.7 Å². The molecule has 1 heterocycles. The van der Waals surface area contributed by atoms with E-state index in [1.807, 2.05) is 0 Å². The summed E-state index contributed by atoms with van der Waals surface area (Å²) in [5, 5.41) is 9.83. The molecule has 0 bridgehead atoms. The van der Waals surface area contributed by atoms with E-state index < -0.39 is 12.0 Å². The number of rotatable bonds is 5. The maximum absolute atomic E-state index is 12.5. The summed E-state index contributed by atoms with van der Waals surface area (Å²) in [6.07, 6.45) is 0.389. The number of carbonyl (C=O) groups is 2. The van der Waals surface area contributed by atoms with Gasteiger partial charge in [0.25, 0.3) is 0 Å². The van der Waals surface area contributed by atoms with Gasteiger partial charge in [0.1, 0.15) is 11.9 Å². The van der Waals surface area contributed by atoms with Crippen LogP contribution in [-0.4, -0.2) is 41.5 Å². The molecule has 23 heavy (non-hydrogen) atoms. The van der Waals surface area contributed by atoms with Gasteiger partial charge in [0.05, 0.1) is 13.0 Å². The molecule has 0 radical (unpaired) electrons. The molecule has 1 aromatic rings. The first-order chi connectivity index (χ1) is 10.9. The molecule has 0 saturated carbocycles. The highest BCUT2D eigenvalue weighted by Gasteiger charge is 2.31. The van der Waals surface area contributed by atoms with E-state index in [4.69, 9.17) is 4.74 Å². The van der Waals surface area contributed by atoms with Crippen LogP contribution in [-0.2, 0) is 29.0 Å². The van der Waals surface area contributed by atoms with Crippen LogP contribution in [0.3, 0.4) is 0 Å². The first kappa shape index (κ1) is 17.5. The third kappa shape index (κ3) is 3.55. The number of fused-ring (bicyclic) bond motifs is 1. The lowest BCUT2D eigenvalue weighted by Gasteiger charge is -2.32. The number of methoxy groups -OCH3 is 1. The Hall–Kier alpha value is -1.88. The molecule has 0 aliphatic carbocycles. The molecule has 2 unspecified atom stereocenters. The van der Waals surface area contributed by atoms with Crippen LogP contribution in [0.1, 0.15) is 37.5 Å². The molecule has 1 aromatic carbocycles. The fourth-order valence-electron chi connectivity index (χ4n) is 3.07. The van der Waals surface area contributed by atoms with Crippen LogP contribution in [0.5, 0.6) is 5.75 Å². The number of benzene rings is 1. The maximum Gasteiger partial charge on any atom is 0.228 e. The van der Waals surface area contributed by atoms with Gasteiger partial charge < -0.3 is 14.7 Å². The highest BCUT2D eigenvalue weighted by Crippen LogP contribution is 2.29. The van der Waals surface area contributed by atoms with Gasteiger partial charge in [-0.25, -0.2) is 0 Å². The van der Waals surface area contributed by atoms with E-state index in [1.54, 1.807) is 18.9 Å². The minimum absolute atomic E-state index is 0.174. The summed E-state index contributed by atoms with van der Waals surface area (Å²) in [4.78, 5) is 25.5. The summed E-state index contributed by atoms with van der Waals surface area (Å²) in [5.41, 5.74) is 3.44. The predicted octanol–water partition coefficient (Wildman–Crippen LogP) is 1.73. The number of aryl methyl sites for hydroxylation is 1. The van der Waals surface area contributed by atoms with Crippen molar-refractivity contribution < 1.29 is 19.4 Å². The molecule has 2 rings (SSSR count). The standard InChI is InChI=1S/C18H25NO4/c1-5-13-8-15-10-19(7-6-14(15)9-16(13)23-4)18(22)11(2)17(21)12(3)20/h8-9,11,17,21H,5-7,10H2,1-4H3. The third-order valence-electron chi connectivity index (χ3n) is 4.59. The van der Waals surface area contributed by atoms with Crippen molar-refractivity contribution in [2.45, 2.75) is 46.3 Å². The summed E-state index contributed by atoms with van der Waals surface area (Å²) in [5.74, 6) is -0.363. The highest BCUT2D eigenvalue weighted by atomic mass is 16.5. The van der Waals surface area contributed by atoms with Crippen LogP contribution in [0, 0.1) is 5.92 Å². The number of hydrogen-bond acceptors (Lipinski definition) is 4. The quantitative estimate of drug-likeness (QED) is 0.897. The lowest BCUT2D eigenvalue weighted by Crippen LogP contribution is -2.44. The molecular weight excluding hydrogens is 294 g/mol. The van der Waals surface area contributed by atoms with Gasteiger partial charge in [0.2, 0.25) is 5.91 Å². The molecule has 1 amide bonds. The Labute approximate surface area is 137 Å². The van der Waals surface area contributed by atoms with Crippen molar-refractivity contribution in [2.75, 3.05) is 13.7 Å². The van der Waals surface area contributed by atoms with Crippen molar-refractivity contribution in [1.82, 2.24) is 4.90 Å². The molecule has 5 heteroatoms. The average molecular weight is 319 g/mol. The van der Waals surface area contributed by atoms with Crippen molar-refractivity contribution in [3.05, 3.63) is 28.8 Å². The minimum Gasteiger partial charge on any atom is -0.496 e. The van der Waals surface area contributed by atoms with Crippen LogP contribution in [0.25, 0.3) is 0 Å². The Kier molecular flexibility index (Phi) is 5.42. The molecule has 1 N–H and O–H groups in total. The van der Waals surface area contributed by atoms with Gasteiger partial charge >= 0.3 is 0 Å². The molecule has 0 fully saturated rings. The summed E-state index contributed by atoms with van der Waals surface area (Å²) in [6.45, 7) is 6.09. The number of Topliss-reactive ketones (excluding diaryl/α,β-unsaturated/α-hetero) is 1. The zero-order valence-electron chi connectivity index (χ0n) is 14.3. The van der Waals surface area contributed by atoms with E-state index >= 15 is 0 Å². The van der Waals surface area contributed by atoms with E-state index in [1.165, 1.54) is 12.5 Å². The SMILES string of the molecule is CCc1cc2c(cc1OC)CCN(C(=O)C(C)C(O)C(C)=O)C2. The number of nitrogens with zero attached hydrogens (tertiary/aromatic N) is 1. The zero-order valence-corrected chi connectivity index (χ0v) is 14.3. The molecule has 0 saturated heterocycles. The first-order valence-electron chi connectivity index (χ1n) is 8.05. The number of hydrogen-bond donors (Lipinski definition) is 1. The smallest absolute Gasteiger partial charge is 0.228 e. The van der Waals surface area contributed by atoms with Crippen molar-refractivity contribution in [3.63, 3.8) is 0 Å². The minimum atomic E-state index is -1.23. The Balaban J connectivity index is 2.19. The zero-order chi connectivity index (χ0) is 17.1. The van der Waals surface area contributed by atoms with Crippen LogP contribution < -0.4 is 4.74 Å². The monoisotopic (exact) mass is 319 g/mol. The number of amides is 1. The Morgan fingerprint density at radius 2 is 2.04 bits per heavy atom. The molecule has 1 aliphatic rings. The largest absolute Gasteiger partial charge is 0.496 e. The molecule has 2 atom stereocenters. The lowest BCUT2D eigenvalue weighted by molar-refractivity contribution is -0.144. The van der Waals surface area contributed by atoms with Crippen molar-refractivity contribution in [1.29, 1.82) is 0 Å². The van der Waals surface area contributed by atoms with Gasteiger partial charge in [-0.15, -0.1) is 0 Å². The van der Waals surface area contributed by atoms with Crippen LogP contribution >= 0.6 is 0 Å². The summed E-state index contributed by atoms with van der Waals surface area (Å²) < 4.78 is 5.42. The number of ether oxygens (including phenoxy) is 1. The van der Waals surface area contributed by atoms with E-state index in [-0.39, 0.29) is 11.7 Å². The number of carbonyl (C=O) groups excluding carboxylic acids is 2. The van der Waals surface area contributed by atoms with Gasteiger partial charge in [-0.2, -0.15) is 0 Å². The average Bonchev–Trinajstić information content (AvgIpc) is 2.57. The molecule has 0 spiro atoms. The van der Waals surface area contributed by atoms with E-state index in [0.717, 1.165) is 29.7 Å². The number of aliphatic hydroxyl groups is 1. The van der Waals surface area contributed by atoms with Gasteiger partial charge in [-0.05, 0) is 42.5 Å². The predicted molar refractivity (Wildman–Crippen MR) is 87.3 cm³/mol. The molecular formula is C18H25NO4. The number of ketones is 1. The van der Waals surface area contributed by atoms with Crippen molar-refractivity contribution in [2.24, 2.45) is 5.92 Å². The van der Waals surface area contributed by atoms with Gasteiger partial charge in [-0.1, -0.05) is 19.9 Å². The highest BCUT2D eigenvalue weighted by molar-refractivity contribution is 5.89. The lowest BCUT2D eigenvalue weighted by atomic mass is 9.93. The van der Waals surface area contributed by atoms with E-state index in [0.29, 0.717) is 13.1 Å². The fraction of sp³-hybridized carbons (Fsp3) is 0.556. The van der Waals surface area contributed by atoms with Gasteiger partial charge in [0, 0.05) is 13.1 Å². The second-order valence-corrected chi connectivity index (χ2v) is 6.14. The summed E-state index contributed by atoms with van der Waals surface area (Å²) in [7, 11) is 1.67. The molecule has 5 nitrogen and oxygen atoms in total. The molecule has 0 aromatic heterocycles. The molecule has 1 aliphatic heterocycles.